The Labute approximate surface area is 109 Å². The van der Waals surface area contributed by atoms with Crippen molar-refractivity contribution in [2.75, 3.05) is 18.9 Å². The average Bonchev–Trinajstić information content (AvgIpc) is 2.37. The second-order valence-electron chi connectivity index (χ2n) is 4.91. The van der Waals surface area contributed by atoms with E-state index in [-0.39, 0.29) is 0 Å². The van der Waals surface area contributed by atoms with Gasteiger partial charge in [0.1, 0.15) is 0 Å². The Morgan fingerprint density at radius 1 is 1.35 bits per heavy atom. The molecule has 1 aromatic carbocycles. The van der Waals surface area contributed by atoms with Crippen molar-refractivity contribution >= 4 is 17.3 Å². The molecule has 1 aromatic rings. The lowest BCUT2D eigenvalue weighted by atomic mass is 9.86. The van der Waals surface area contributed by atoms with Crippen molar-refractivity contribution in [1.82, 2.24) is 5.32 Å². The molecule has 1 saturated carbocycles. The van der Waals surface area contributed by atoms with Crippen LogP contribution >= 0.6 is 11.6 Å². The molecule has 0 aliphatic heterocycles. The largest absolute Gasteiger partial charge is 0.385 e. The van der Waals surface area contributed by atoms with Gasteiger partial charge in [0, 0.05) is 23.3 Å². The molecule has 94 valence electrons. The Morgan fingerprint density at radius 3 is 3.00 bits per heavy atom. The van der Waals surface area contributed by atoms with Crippen LogP contribution in [0, 0.1) is 5.92 Å². The highest BCUT2D eigenvalue weighted by Crippen LogP contribution is 2.25. The van der Waals surface area contributed by atoms with Crippen LogP contribution < -0.4 is 10.6 Å². The molecule has 0 heterocycles. The van der Waals surface area contributed by atoms with Gasteiger partial charge in [-0.05, 0) is 50.4 Å². The molecule has 1 aliphatic carbocycles. The first-order chi connectivity index (χ1) is 8.28. The summed E-state index contributed by atoms with van der Waals surface area (Å²) in [6.07, 6.45) is 5.29. The van der Waals surface area contributed by atoms with Crippen molar-refractivity contribution in [1.29, 1.82) is 0 Å². The van der Waals surface area contributed by atoms with Crippen molar-refractivity contribution < 1.29 is 0 Å². The van der Waals surface area contributed by atoms with Gasteiger partial charge in [-0.2, -0.15) is 0 Å². The highest BCUT2D eigenvalue weighted by atomic mass is 35.5. The van der Waals surface area contributed by atoms with Crippen molar-refractivity contribution in [2.24, 2.45) is 5.92 Å². The van der Waals surface area contributed by atoms with Gasteiger partial charge in [-0.3, -0.25) is 0 Å². The van der Waals surface area contributed by atoms with Crippen LogP contribution in [0.25, 0.3) is 0 Å². The summed E-state index contributed by atoms with van der Waals surface area (Å²) in [5.74, 6) is 0.778. The smallest absolute Gasteiger partial charge is 0.0426 e. The molecule has 1 aliphatic rings. The summed E-state index contributed by atoms with van der Waals surface area (Å²) < 4.78 is 0. The van der Waals surface area contributed by atoms with Crippen LogP contribution in [-0.4, -0.2) is 19.6 Å². The molecular formula is C14H21ClN2. The standard InChI is InChI=1S/C14H21ClN2/c1-16-13-6-2-4-11(8-13)10-17-14-7-3-5-12(15)9-14/h3,5,7,9,11,13,16-17H,2,4,6,8,10H2,1H3. The number of anilines is 1. The topological polar surface area (TPSA) is 24.1 Å². The van der Waals surface area contributed by atoms with Gasteiger partial charge >= 0.3 is 0 Å². The lowest BCUT2D eigenvalue weighted by Gasteiger charge is -2.29. The van der Waals surface area contributed by atoms with E-state index in [4.69, 9.17) is 11.6 Å². The Bertz CT molecular complexity index is 354. The predicted molar refractivity (Wildman–Crippen MR) is 74.7 cm³/mol. The predicted octanol–water partition coefficient (Wildman–Crippen LogP) is 3.53. The Balaban J connectivity index is 1.81. The minimum Gasteiger partial charge on any atom is -0.385 e. The molecule has 0 aromatic heterocycles. The minimum atomic E-state index is 0.704. The Kier molecular flexibility index (Phi) is 4.69. The van der Waals surface area contributed by atoms with Gasteiger partial charge < -0.3 is 10.6 Å². The van der Waals surface area contributed by atoms with Crippen molar-refractivity contribution in [2.45, 2.75) is 31.7 Å². The number of rotatable bonds is 4. The van der Waals surface area contributed by atoms with Gasteiger partial charge in [0.25, 0.3) is 0 Å². The first-order valence-corrected chi connectivity index (χ1v) is 6.82. The summed E-state index contributed by atoms with van der Waals surface area (Å²) in [5, 5.41) is 7.68. The monoisotopic (exact) mass is 252 g/mol. The highest BCUT2D eigenvalue weighted by Gasteiger charge is 2.20. The van der Waals surface area contributed by atoms with Gasteiger partial charge in [0.05, 0.1) is 0 Å². The van der Waals surface area contributed by atoms with Crippen LogP contribution in [0.5, 0.6) is 0 Å². The van der Waals surface area contributed by atoms with Gasteiger partial charge in [0.15, 0.2) is 0 Å². The maximum absolute atomic E-state index is 5.96. The molecule has 2 nitrogen and oxygen atoms in total. The van der Waals surface area contributed by atoms with Gasteiger partial charge in [-0.1, -0.05) is 24.1 Å². The van der Waals surface area contributed by atoms with E-state index in [1.807, 2.05) is 18.2 Å². The fraction of sp³-hybridized carbons (Fsp3) is 0.571. The highest BCUT2D eigenvalue weighted by molar-refractivity contribution is 6.30. The summed E-state index contributed by atoms with van der Waals surface area (Å²) >= 11 is 5.96. The van der Waals surface area contributed by atoms with E-state index >= 15 is 0 Å². The summed E-state index contributed by atoms with van der Waals surface area (Å²) in [5.41, 5.74) is 1.13. The maximum Gasteiger partial charge on any atom is 0.0426 e. The Hall–Kier alpha value is -0.730. The molecular weight excluding hydrogens is 232 g/mol. The van der Waals surface area contributed by atoms with Crippen LogP contribution in [0.3, 0.4) is 0 Å². The molecule has 0 amide bonds. The fourth-order valence-electron chi connectivity index (χ4n) is 2.60. The summed E-state index contributed by atoms with van der Waals surface area (Å²) in [7, 11) is 2.07. The lowest BCUT2D eigenvalue weighted by Crippen LogP contribution is -2.33. The van der Waals surface area contributed by atoms with E-state index in [1.54, 1.807) is 0 Å². The van der Waals surface area contributed by atoms with E-state index in [9.17, 15) is 0 Å². The summed E-state index contributed by atoms with van der Waals surface area (Å²) in [4.78, 5) is 0. The molecule has 1 fully saturated rings. The number of nitrogens with one attached hydrogen (secondary N) is 2. The third kappa shape index (κ3) is 3.90. The van der Waals surface area contributed by atoms with Crippen LogP contribution in [0.4, 0.5) is 5.69 Å². The van der Waals surface area contributed by atoms with Crippen molar-refractivity contribution in [3.8, 4) is 0 Å². The third-order valence-electron chi connectivity index (χ3n) is 3.61. The van der Waals surface area contributed by atoms with Crippen molar-refractivity contribution in [3.63, 3.8) is 0 Å². The molecule has 2 N–H and O–H groups in total. The second kappa shape index (κ2) is 6.27. The van der Waals surface area contributed by atoms with Crippen LogP contribution in [0.2, 0.25) is 5.02 Å². The molecule has 0 bridgehead atoms. The molecule has 3 heteroatoms. The normalized spacial score (nSPS) is 24.6. The summed E-state index contributed by atoms with van der Waals surface area (Å²) in [6, 6.07) is 8.66. The maximum atomic E-state index is 5.96. The molecule has 2 unspecified atom stereocenters. The number of hydrogen-bond acceptors (Lipinski definition) is 2. The zero-order chi connectivity index (χ0) is 12.1. The van der Waals surface area contributed by atoms with Gasteiger partial charge in [0.2, 0.25) is 0 Å². The van der Waals surface area contributed by atoms with Crippen LogP contribution in [0.15, 0.2) is 24.3 Å². The molecule has 0 saturated heterocycles. The minimum absolute atomic E-state index is 0.704. The Morgan fingerprint density at radius 2 is 2.24 bits per heavy atom. The van der Waals surface area contributed by atoms with E-state index < -0.39 is 0 Å². The quantitative estimate of drug-likeness (QED) is 0.857. The van der Waals surface area contributed by atoms with Gasteiger partial charge in [-0.15, -0.1) is 0 Å². The molecule has 0 spiro atoms. The number of hydrogen-bond donors (Lipinski definition) is 2. The average molecular weight is 253 g/mol. The SMILES string of the molecule is CNC1CCCC(CNc2cccc(Cl)c2)C1. The molecule has 2 rings (SSSR count). The van der Waals surface area contributed by atoms with E-state index in [2.05, 4.69) is 23.7 Å². The van der Waals surface area contributed by atoms with E-state index in [0.29, 0.717) is 6.04 Å². The molecule has 17 heavy (non-hydrogen) atoms. The van der Waals surface area contributed by atoms with Crippen LogP contribution in [-0.2, 0) is 0 Å². The first kappa shape index (κ1) is 12.7. The van der Waals surface area contributed by atoms with E-state index in [1.165, 1.54) is 25.7 Å². The zero-order valence-corrected chi connectivity index (χ0v) is 11.1. The number of halogens is 1. The molecule has 0 radical (unpaired) electrons. The summed E-state index contributed by atoms with van der Waals surface area (Å²) in [6.45, 7) is 1.05. The van der Waals surface area contributed by atoms with E-state index in [0.717, 1.165) is 23.2 Å². The number of benzene rings is 1. The van der Waals surface area contributed by atoms with Crippen molar-refractivity contribution in [3.05, 3.63) is 29.3 Å². The van der Waals surface area contributed by atoms with Crippen LogP contribution in [0.1, 0.15) is 25.7 Å². The lowest BCUT2D eigenvalue weighted by molar-refractivity contribution is 0.306. The van der Waals surface area contributed by atoms with Gasteiger partial charge in [-0.25, -0.2) is 0 Å². The molecule has 2 atom stereocenters. The second-order valence-corrected chi connectivity index (χ2v) is 5.35. The first-order valence-electron chi connectivity index (χ1n) is 6.44. The zero-order valence-electron chi connectivity index (χ0n) is 10.4. The fourth-order valence-corrected chi connectivity index (χ4v) is 2.79. The third-order valence-corrected chi connectivity index (χ3v) is 3.85.